The molecule has 1 aliphatic carbocycles. The molecule has 1 aromatic carbocycles. The third-order valence-corrected chi connectivity index (χ3v) is 2.52. The van der Waals surface area contributed by atoms with Crippen molar-refractivity contribution in [3.8, 4) is 0 Å². The van der Waals surface area contributed by atoms with Gasteiger partial charge in [-0.1, -0.05) is 32.6 Å². The van der Waals surface area contributed by atoms with Crippen LogP contribution in [0.15, 0.2) is 12.1 Å². The SMILES string of the molecule is C[c-]1ccc2c1CCCC2.Cl.Cl.Cl.[Ti]. The van der Waals surface area contributed by atoms with Gasteiger partial charge in [0.05, 0.1) is 0 Å². The van der Waals surface area contributed by atoms with Gasteiger partial charge in [-0.15, -0.1) is 37.2 Å². The van der Waals surface area contributed by atoms with Crippen molar-refractivity contribution >= 4 is 37.2 Å². The van der Waals surface area contributed by atoms with Crippen molar-refractivity contribution in [3.63, 3.8) is 0 Å². The van der Waals surface area contributed by atoms with Gasteiger partial charge in [-0.25, -0.2) is 6.07 Å². The third-order valence-electron chi connectivity index (χ3n) is 2.52. The third kappa shape index (κ3) is 4.20. The number of hydrogen-bond donors (Lipinski definition) is 0. The van der Waals surface area contributed by atoms with Gasteiger partial charge in [0, 0.05) is 21.7 Å². The molecule has 0 bridgehead atoms. The number of rotatable bonds is 0. The fourth-order valence-corrected chi connectivity index (χ4v) is 1.89. The van der Waals surface area contributed by atoms with Crippen LogP contribution in [0.2, 0.25) is 0 Å². The van der Waals surface area contributed by atoms with Crippen LogP contribution in [0.25, 0.3) is 0 Å². The standard InChI is InChI=1S/C10H13.3ClH.Ti/c1-8-6-7-9-4-2-3-5-10(8)9;;;;/h6-7H,2-5H2,1H3;3*1H;/q-1;;;;. The Bertz CT molecular complexity index is 246. The van der Waals surface area contributed by atoms with Gasteiger partial charge in [0.1, 0.15) is 0 Å². The molecule has 0 fully saturated rings. The van der Waals surface area contributed by atoms with Gasteiger partial charge < -0.3 is 0 Å². The summed E-state index contributed by atoms with van der Waals surface area (Å²) in [6, 6.07) is 4.56. The van der Waals surface area contributed by atoms with Crippen LogP contribution < -0.4 is 0 Å². The fraction of sp³-hybridized carbons (Fsp3) is 0.500. The average Bonchev–Trinajstić information content (AvgIpc) is 2.34. The normalized spacial score (nSPS) is 12.1. The Morgan fingerprint density at radius 1 is 1.07 bits per heavy atom. The van der Waals surface area contributed by atoms with Crippen molar-refractivity contribution in [2.24, 2.45) is 0 Å². The molecular formula is C10H16Cl3Ti-. The molecule has 0 aliphatic heterocycles. The van der Waals surface area contributed by atoms with Crippen molar-refractivity contribution in [3.05, 3.63) is 28.8 Å². The summed E-state index contributed by atoms with van der Waals surface area (Å²) in [5.41, 5.74) is 4.77. The molecule has 0 saturated heterocycles. The molecule has 2 rings (SSSR count). The first-order chi connectivity index (χ1) is 4.88. The molecule has 0 N–H and O–H groups in total. The largest absolute Gasteiger partial charge is 0.210 e. The van der Waals surface area contributed by atoms with Gasteiger partial charge in [0.25, 0.3) is 0 Å². The molecule has 0 amide bonds. The molecule has 1 aromatic rings. The minimum atomic E-state index is 0. The Balaban J connectivity index is -0.000000302. The summed E-state index contributed by atoms with van der Waals surface area (Å²) >= 11 is 0. The molecule has 82 valence electrons. The van der Waals surface area contributed by atoms with Crippen LogP contribution in [-0.4, -0.2) is 0 Å². The molecule has 4 heteroatoms. The average molecular weight is 290 g/mol. The van der Waals surface area contributed by atoms with Gasteiger partial charge in [0.2, 0.25) is 0 Å². The molecule has 0 nitrogen and oxygen atoms in total. The van der Waals surface area contributed by atoms with E-state index in [2.05, 4.69) is 19.1 Å². The zero-order valence-electron chi connectivity index (χ0n) is 8.21. The van der Waals surface area contributed by atoms with Crippen molar-refractivity contribution in [2.75, 3.05) is 0 Å². The molecule has 0 unspecified atom stereocenters. The van der Waals surface area contributed by atoms with Gasteiger partial charge in [-0.05, 0) is 0 Å². The Labute approximate surface area is 120 Å². The summed E-state index contributed by atoms with van der Waals surface area (Å²) in [7, 11) is 0. The van der Waals surface area contributed by atoms with Crippen LogP contribution in [0.1, 0.15) is 29.5 Å². The first-order valence-corrected chi connectivity index (χ1v) is 4.12. The maximum absolute atomic E-state index is 2.30. The first-order valence-electron chi connectivity index (χ1n) is 4.12. The molecule has 0 spiro atoms. The predicted molar refractivity (Wildman–Crippen MR) is 65.2 cm³/mol. The van der Waals surface area contributed by atoms with Gasteiger partial charge in [-0.3, -0.25) is 0 Å². The molecule has 1 aliphatic rings. The number of hydrogen-bond acceptors (Lipinski definition) is 0. The summed E-state index contributed by atoms with van der Waals surface area (Å²) in [5.74, 6) is 0. The summed E-state index contributed by atoms with van der Waals surface area (Å²) in [4.78, 5) is 0. The topological polar surface area (TPSA) is 0 Å². The monoisotopic (exact) mass is 289 g/mol. The Hall–Kier alpha value is 0.934. The molecule has 0 radical (unpaired) electrons. The maximum atomic E-state index is 2.30. The first kappa shape index (κ1) is 20.4. The summed E-state index contributed by atoms with van der Waals surface area (Å²) in [6.45, 7) is 2.23. The van der Waals surface area contributed by atoms with Crippen LogP contribution in [0.5, 0.6) is 0 Å². The number of halogens is 3. The fourth-order valence-electron chi connectivity index (χ4n) is 1.89. The van der Waals surface area contributed by atoms with E-state index in [1.54, 1.807) is 11.1 Å². The van der Waals surface area contributed by atoms with Crippen LogP contribution in [0, 0.1) is 6.92 Å². The van der Waals surface area contributed by atoms with Gasteiger partial charge in [-0.2, -0.15) is 22.8 Å². The second kappa shape index (κ2) is 9.18. The van der Waals surface area contributed by atoms with E-state index < -0.39 is 0 Å². The molecular weight excluding hydrogens is 274 g/mol. The van der Waals surface area contributed by atoms with E-state index in [9.17, 15) is 0 Å². The van der Waals surface area contributed by atoms with E-state index in [1.165, 1.54) is 31.2 Å². The summed E-state index contributed by atoms with van der Waals surface area (Å²) in [6.07, 6.45) is 5.45. The predicted octanol–water partition coefficient (Wildman–Crippen LogP) is 3.86. The minimum absolute atomic E-state index is 0. The smallest absolute Gasteiger partial charge is 0 e. The summed E-state index contributed by atoms with van der Waals surface area (Å²) in [5, 5.41) is 0. The zero-order valence-corrected chi connectivity index (χ0v) is 12.2. The Kier molecular flexibility index (Phi) is 13.4. The van der Waals surface area contributed by atoms with Crippen LogP contribution in [-0.2, 0) is 34.6 Å². The van der Waals surface area contributed by atoms with Crippen molar-refractivity contribution in [1.29, 1.82) is 0 Å². The minimum Gasteiger partial charge on any atom is -0.210 e. The van der Waals surface area contributed by atoms with Crippen LogP contribution >= 0.6 is 37.2 Å². The molecule has 0 aromatic heterocycles. The Morgan fingerprint density at radius 2 is 1.64 bits per heavy atom. The number of fused-ring (bicyclic) bond motifs is 1. The molecule has 0 heterocycles. The second-order valence-corrected chi connectivity index (χ2v) is 3.23. The van der Waals surface area contributed by atoms with E-state index in [1.807, 2.05) is 0 Å². The van der Waals surface area contributed by atoms with Gasteiger partial charge in [0.15, 0.2) is 0 Å². The van der Waals surface area contributed by atoms with E-state index in [4.69, 9.17) is 0 Å². The molecule has 14 heavy (non-hydrogen) atoms. The molecule has 0 saturated carbocycles. The quantitative estimate of drug-likeness (QED) is 0.503. The van der Waals surface area contributed by atoms with Crippen LogP contribution in [0.4, 0.5) is 0 Å². The van der Waals surface area contributed by atoms with E-state index in [0.29, 0.717) is 0 Å². The second-order valence-electron chi connectivity index (χ2n) is 3.23. The number of aryl methyl sites for hydroxylation is 2. The van der Waals surface area contributed by atoms with E-state index in [0.717, 1.165) is 0 Å². The van der Waals surface area contributed by atoms with Crippen molar-refractivity contribution < 1.29 is 21.7 Å². The molecule has 0 atom stereocenters. The van der Waals surface area contributed by atoms with E-state index in [-0.39, 0.29) is 58.9 Å². The van der Waals surface area contributed by atoms with Gasteiger partial charge >= 0.3 is 0 Å². The summed E-state index contributed by atoms with van der Waals surface area (Å²) < 4.78 is 0. The maximum Gasteiger partial charge on any atom is 0 e. The van der Waals surface area contributed by atoms with Crippen molar-refractivity contribution in [2.45, 2.75) is 32.6 Å². The van der Waals surface area contributed by atoms with E-state index >= 15 is 0 Å². The Morgan fingerprint density at radius 3 is 2.21 bits per heavy atom. The van der Waals surface area contributed by atoms with Crippen molar-refractivity contribution in [1.82, 2.24) is 0 Å². The van der Waals surface area contributed by atoms with Crippen LogP contribution in [0.3, 0.4) is 0 Å². The zero-order chi connectivity index (χ0) is 6.97.